The molecule has 24 heavy (non-hydrogen) atoms. The zero-order chi connectivity index (χ0) is 17.3. The van der Waals surface area contributed by atoms with Gasteiger partial charge in [0.15, 0.2) is 0 Å². The molecule has 0 aromatic carbocycles. The Balaban J connectivity index is 1.71. The van der Waals surface area contributed by atoms with Crippen molar-refractivity contribution < 1.29 is 12.9 Å². The summed E-state index contributed by atoms with van der Waals surface area (Å²) in [6.07, 6.45) is 0.784. The fraction of sp³-hybridized carbons (Fsp3) is 0.600. The number of sulfonamides is 1. The molecule has 0 radical (unpaired) electrons. The van der Waals surface area contributed by atoms with Crippen molar-refractivity contribution in [3.8, 4) is 0 Å². The van der Waals surface area contributed by atoms with Crippen LogP contribution in [0.2, 0.25) is 0 Å². The monoisotopic (exact) mass is 353 g/mol. The lowest BCUT2D eigenvalue weighted by Gasteiger charge is -2.21. The maximum Gasteiger partial charge on any atom is 0.246 e. The fourth-order valence-electron chi connectivity index (χ4n) is 3.12. The Labute approximate surface area is 141 Å². The molecule has 3 heterocycles. The van der Waals surface area contributed by atoms with E-state index >= 15 is 0 Å². The van der Waals surface area contributed by atoms with E-state index in [-0.39, 0.29) is 0 Å². The van der Waals surface area contributed by atoms with Gasteiger partial charge in [0.1, 0.15) is 10.7 Å². The third-order valence-electron chi connectivity index (χ3n) is 4.27. The number of aromatic nitrogens is 3. The van der Waals surface area contributed by atoms with E-state index in [2.05, 4.69) is 20.3 Å². The van der Waals surface area contributed by atoms with Gasteiger partial charge in [-0.3, -0.25) is 10.00 Å². The fourth-order valence-corrected chi connectivity index (χ4v) is 4.92. The normalized spacial score (nSPS) is 18.0. The van der Waals surface area contributed by atoms with Crippen LogP contribution in [0.25, 0.3) is 0 Å². The lowest BCUT2D eigenvalue weighted by Crippen LogP contribution is -2.35. The van der Waals surface area contributed by atoms with Gasteiger partial charge >= 0.3 is 0 Å². The Bertz CT molecular complexity index is 791. The molecule has 3 rings (SSSR count). The van der Waals surface area contributed by atoms with Gasteiger partial charge < -0.3 is 4.52 Å². The molecule has 0 spiro atoms. The van der Waals surface area contributed by atoms with Crippen molar-refractivity contribution in [3.05, 3.63) is 28.9 Å². The Hall–Kier alpha value is -1.71. The predicted octanol–water partition coefficient (Wildman–Crippen LogP) is 1.22. The molecule has 0 saturated carbocycles. The first-order valence-electron chi connectivity index (χ1n) is 8.04. The molecular weight excluding hydrogens is 330 g/mol. The minimum atomic E-state index is -3.52. The number of hydrogen-bond donors (Lipinski definition) is 1. The van der Waals surface area contributed by atoms with Gasteiger partial charge in [0, 0.05) is 32.2 Å². The number of rotatable bonds is 4. The molecule has 0 atom stereocenters. The topological polar surface area (TPSA) is 95.3 Å². The van der Waals surface area contributed by atoms with E-state index < -0.39 is 10.0 Å². The van der Waals surface area contributed by atoms with Gasteiger partial charge in [-0.25, -0.2) is 8.42 Å². The van der Waals surface area contributed by atoms with Gasteiger partial charge in [0.25, 0.3) is 0 Å². The van der Waals surface area contributed by atoms with E-state index in [1.165, 1.54) is 0 Å². The van der Waals surface area contributed by atoms with Crippen molar-refractivity contribution in [1.29, 1.82) is 0 Å². The van der Waals surface area contributed by atoms with Gasteiger partial charge in [-0.2, -0.15) is 9.40 Å². The third kappa shape index (κ3) is 3.38. The average molecular weight is 353 g/mol. The van der Waals surface area contributed by atoms with Crippen molar-refractivity contribution >= 4 is 10.0 Å². The molecule has 9 heteroatoms. The van der Waals surface area contributed by atoms with E-state index in [4.69, 9.17) is 4.52 Å². The highest BCUT2D eigenvalue weighted by Crippen LogP contribution is 2.23. The Morgan fingerprint density at radius 1 is 1.21 bits per heavy atom. The zero-order valence-electron chi connectivity index (χ0n) is 14.2. The SMILES string of the molecule is Cc1cc(CN2CCCN(S(=O)(=O)c3c(C)n[nH]c3C)CC2)no1. The molecule has 132 valence electrons. The number of H-pyrrole nitrogens is 1. The zero-order valence-corrected chi connectivity index (χ0v) is 15.1. The van der Waals surface area contributed by atoms with Crippen molar-refractivity contribution in [1.82, 2.24) is 24.6 Å². The minimum absolute atomic E-state index is 0.308. The molecule has 1 saturated heterocycles. The van der Waals surface area contributed by atoms with E-state index in [0.717, 1.165) is 24.4 Å². The van der Waals surface area contributed by atoms with E-state index in [1.807, 2.05) is 13.0 Å². The first kappa shape index (κ1) is 17.1. The van der Waals surface area contributed by atoms with Crippen molar-refractivity contribution in [2.24, 2.45) is 0 Å². The second-order valence-electron chi connectivity index (χ2n) is 6.23. The van der Waals surface area contributed by atoms with Crippen LogP contribution >= 0.6 is 0 Å². The summed E-state index contributed by atoms with van der Waals surface area (Å²) in [5.74, 6) is 0.787. The lowest BCUT2D eigenvalue weighted by atomic mass is 10.3. The quantitative estimate of drug-likeness (QED) is 0.888. The van der Waals surface area contributed by atoms with Gasteiger partial charge in [0.05, 0.1) is 17.1 Å². The van der Waals surface area contributed by atoms with E-state index in [0.29, 0.717) is 42.5 Å². The molecule has 8 nitrogen and oxygen atoms in total. The molecule has 0 bridgehead atoms. The smallest absolute Gasteiger partial charge is 0.246 e. The first-order chi connectivity index (χ1) is 11.4. The summed E-state index contributed by atoms with van der Waals surface area (Å²) >= 11 is 0. The van der Waals surface area contributed by atoms with E-state index in [1.54, 1.807) is 18.2 Å². The molecule has 1 fully saturated rings. The van der Waals surface area contributed by atoms with Crippen LogP contribution in [0.3, 0.4) is 0 Å². The molecule has 0 amide bonds. The highest BCUT2D eigenvalue weighted by Gasteiger charge is 2.31. The van der Waals surface area contributed by atoms with Crippen molar-refractivity contribution in [2.75, 3.05) is 26.2 Å². The van der Waals surface area contributed by atoms with Crippen LogP contribution in [0.15, 0.2) is 15.5 Å². The van der Waals surface area contributed by atoms with E-state index in [9.17, 15) is 8.42 Å². The van der Waals surface area contributed by atoms with Gasteiger partial charge in [-0.05, 0) is 33.7 Å². The summed E-state index contributed by atoms with van der Waals surface area (Å²) in [5.41, 5.74) is 1.99. The number of aryl methyl sites for hydroxylation is 3. The molecule has 1 aliphatic rings. The van der Waals surface area contributed by atoms with Gasteiger partial charge in [-0.1, -0.05) is 5.16 Å². The van der Waals surface area contributed by atoms with Crippen LogP contribution in [0.5, 0.6) is 0 Å². The van der Waals surface area contributed by atoms with Crippen molar-refractivity contribution in [3.63, 3.8) is 0 Å². The Morgan fingerprint density at radius 2 is 2.00 bits per heavy atom. The molecule has 0 unspecified atom stereocenters. The summed E-state index contributed by atoms with van der Waals surface area (Å²) < 4.78 is 32.5. The predicted molar refractivity (Wildman–Crippen MR) is 88.0 cm³/mol. The van der Waals surface area contributed by atoms with Crippen LogP contribution in [0.1, 0.15) is 29.3 Å². The summed E-state index contributed by atoms with van der Waals surface area (Å²) in [5, 5.41) is 10.8. The number of aromatic amines is 1. The molecule has 0 aliphatic carbocycles. The number of nitrogens with zero attached hydrogens (tertiary/aromatic N) is 4. The lowest BCUT2D eigenvalue weighted by molar-refractivity contribution is 0.268. The van der Waals surface area contributed by atoms with Crippen LogP contribution in [0, 0.1) is 20.8 Å². The summed E-state index contributed by atoms with van der Waals surface area (Å²) in [4.78, 5) is 2.52. The van der Waals surface area contributed by atoms with Gasteiger partial charge in [-0.15, -0.1) is 0 Å². The summed E-state index contributed by atoms with van der Waals surface area (Å²) in [7, 11) is -3.52. The molecule has 1 aliphatic heterocycles. The molecular formula is C15H23N5O3S. The standard InChI is InChI=1S/C15H23N5O3S/c1-11-9-14(18-23-11)10-19-5-4-6-20(8-7-19)24(21,22)15-12(2)16-17-13(15)3/h9H,4-8,10H2,1-3H3,(H,16,17). The Morgan fingerprint density at radius 3 is 2.62 bits per heavy atom. The number of hydrogen-bond acceptors (Lipinski definition) is 6. The first-order valence-corrected chi connectivity index (χ1v) is 9.48. The summed E-state index contributed by atoms with van der Waals surface area (Å²) in [6.45, 7) is 8.47. The van der Waals surface area contributed by atoms with Crippen LogP contribution in [0.4, 0.5) is 0 Å². The largest absolute Gasteiger partial charge is 0.361 e. The highest BCUT2D eigenvalue weighted by atomic mass is 32.2. The Kier molecular flexibility index (Phi) is 4.75. The molecule has 2 aromatic rings. The van der Waals surface area contributed by atoms with Crippen LogP contribution in [-0.4, -0.2) is 59.2 Å². The second kappa shape index (κ2) is 6.66. The minimum Gasteiger partial charge on any atom is -0.361 e. The summed E-state index contributed by atoms with van der Waals surface area (Å²) in [6, 6.07) is 1.91. The van der Waals surface area contributed by atoms with Crippen LogP contribution in [-0.2, 0) is 16.6 Å². The molecule has 1 N–H and O–H groups in total. The third-order valence-corrected chi connectivity index (χ3v) is 6.43. The maximum atomic E-state index is 12.9. The van der Waals surface area contributed by atoms with Gasteiger partial charge in [0.2, 0.25) is 10.0 Å². The molecule has 2 aromatic heterocycles. The number of nitrogens with one attached hydrogen (secondary N) is 1. The average Bonchev–Trinajstić information content (AvgIpc) is 2.97. The van der Waals surface area contributed by atoms with Crippen LogP contribution < -0.4 is 0 Å². The highest BCUT2D eigenvalue weighted by molar-refractivity contribution is 7.89. The maximum absolute atomic E-state index is 12.9. The second-order valence-corrected chi connectivity index (χ2v) is 8.10. The van der Waals surface area contributed by atoms with Crippen molar-refractivity contribution in [2.45, 2.75) is 38.6 Å².